The second-order valence-corrected chi connectivity index (χ2v) is 7.76. The Morgan fingerprint density at radius 1 is 1.29 bits per heavy atom. The number of anilines is 1. The number of ether oxygens (including phenoxy) is 1. The van der Waals surface area contributed by atoms with Crippen LogP contribution < -0.4 is 4.90 Å². The Kier molecular flexibility index (Phi) is 3.90. The standard InChI is InChI=1S/C19H17F3N2O4/c1-17-4-5-18(28-17,6-7-25)14-13(17)15(26)24(16(14)27)11-3-2-10(9-23)12(8-11)19(20,21)22/h2-3,8,13-14,25H,4-7H2,1H3/t13-,14+,17?,18?/m0/s1. The van der Waals surface area contributed by atoms with E-state index >= 15 is 0 Å². The van der Waals surface area contributed by atoms with E-state index in [1.54, 1.807) is 6.92 Å². The van der Waals surface area contributed by atoms with Gasteiger partial charge in [-0.15, -0.1) is 0 Å². The molecule has 6 nitrogen and oxygen atoms in total. The van der Waals surface area contributed by atoms with Crippen molar-refractivity contribution in [3.05, 3.63) is 29.3 Å². The molecular weight excluding hydrogens is 377 g/mol. The molecule has 148 valence electrons. The van der Waals surface area contributed by atoms with E-state index in [-0.39, 0.29) is 18.7 Å². The number of carbonyl (C=O) groups is 2. The minimum atomic E-state index is -4.80. The van der Waals surface area contributed by atoms with Gasteiger partial charge in [-0.2, -0.15) is 18.4 Å². The average Bonchev–Trinajstić information content (AvgIpc) is 3.19. The summed E-state index contributed by atoms with van der Waals surface area (Å²) in [6.45, 7) is 1.50. The predicted octanol–water partition coefficient (Wildman–Crippen LogP) is 2.39. The summed E-state index contributed by atoms with van der Waals surface area (Å²) >= 11 is 0. The lowest BCUT2D eigenvalue weighted by molar-refractivity contribution is -0.138. The summed E-state index contributed by atoms with van der Waals surface area (Å²) in [6, 6.07) is 4.28. The van der Waals surface area contributed by atoms with Gasteiger partial charge in [-0.05, 0) is 38.0 Å². The number of imide groups is 1. The van der Waals surface area contributed by atoms with Crippen LogP contribution in [0.4, 0.5) is 18.9 Å². The number of aliphatic hydroxyl groups is 1. The quantitative estimate of drug-likeness (QED) is 0.795. The van der Waals surface area contributed by atoms with Crippen LogP contribution >= 0.6 is 0 Å². The van der Waals surface area contributed by atoms with Gasteiger partial charge in [0.05, 0.1) is 45.9 Å². The zero-order valence-electron chi connectivity index (χ0n) is 14.9. The van der Waals surface area contributed by atoms with Gasteiger partial charge in [0.2, 0.25) is 11.8 Å². The Morgan fingerprint density at radius 3 is 2.57 bits per heavy atom. The molecule has 2 amide bonds. The van der Waals surface area contributed by atoms with Crippen molar-refractivity contribution in [1.29, 1.82) is 5.26 Å². The number of fused-ring (bicyclic) bond motifs is 5. The van der Waals surface area contributed by atoms with Gasteiger partial charge in [-0.3, -0.25) is 9.59 Å². The van der Waals surface area contributed by atoms with E-state index in [4.69, 9.17) is 10.00 Å². The van der Waals surface area contributed by atoms with E-state index in [9.17, 15) is 27.9 Å². The first-order valence-corrected chi connectivity index (χ1v) is 8.88. The molecule has 28 heavy (non-hydrogen) atoms. The van der Waals surface area contributed by atoms with Crippen molar-refractivity contribution >= 4 is 17.5 Å². The second kappa shape index (κ2) is 5.78. The molecule has 9 heteroatoms. The smallest absolute Gasteiger partial charge is 0.396 e. The van der Waals surface area contributed by atoms with Crippen molar-refractivity contribution in [2.75, 3.05) is 11.5 Å². The highest BCUT2D eigenvalue weighted by atomic mass is 19.4. The molecular formula is C19H17F3N2O4. The molecule has 3 aliphatic heterocycles. The van der Waals surface area contributed by atoms with E-state index < -0.39 is 52.2 Å². The van der Waals surface area contributed by atoms with Crippen LogP contribution in [-0.4, -0.2) is 34.7 Å². The van der Waals surface area contributed by atoms with E-state index in [0.717, 1.165) is 11.0 Å². The minimum absolute atomic E-state index is 0.178. The molecule has 2 bridgehead atoms. The molecule has 1 aromatic rings. The van der Waals surface area contributed by atoms with Gasteiger partial charge in [0, 0.05) is 13.0 Å². The maximum Gasteiger partial charge on any atom is 0.417 e. The fraction of sp³-hybridized carbons (Fsp3) is 0.526. The number of rotatable bonds is 3. The summed E-state index contributed by atoms with van der Waals surface area (Å²) in [6.07, 6.45) is -3.59. The third-order valence-corrected chi connectivity index (χ3v) is 6.23. The number of amides is 2. The van der Waals surface area contributed by atoms with Gasteiger partial charge in [0.25, 0.3) is 0 Å². The van der Waals surface area contributed by atoms with Crippen molar-refractivity contribution in [3.8, 4) is 6.07 Å². The number of halogens is 3. The summed E-state index contributed by atoms with van der Waals surface area (Å²) in [5.41, 5.74) is -3.85. The number of carbonyl (C=O) groups excluding carboxylic acids is 2. The molecule has 3 heterocycles. The van der Waals surface area contributed by atoms with Crippen LogP contribution in [0.1, 0.15) is 37.3 Å². The van der Waals surface area contributed by atoms with Crippen LogP contribution in [-0.2, 0) is 20.5 Å². The van der Waals surface area contributed by atoms with Crippen LogP contribution in [0, 0.1) is 23.2 Å². The van der Waals surface area contributed by atoms with E-state index in [0.29, 0.717) is 18.9 Å². The van der Waals surface area contributed by atoms with Crippen LogP contribution in [0.15, 0.2) is 18.2 Å². The van der Waals surface area contributed by atoms with Gasteiger partial charge < -0.3 is 9.84 Å². The molecule has 3 aliphatic rings. The number of hydrogen-bond donors (Lipinski definition) is 1. The van der Waals surface area contributed by atoms with Crippen LogP contribution in [0.25, 0.3) is 0 Å². The molecule has 4 atom stereocenters. The SMILES string of the molecule is CC12CCC(CCO)(O1)[C@H]1C(=O)N(c3ccc(C#N)c(C(F)(F)F)c3)C(=O)[C@H]12. The minimum Gasteiger partial charge on any atom is -0.396 e. The van der Waals surface area contributed by atoms with Gasteiger partial charge in [0.15, 0.2) is 0 Å². The lowest BCUT2D eigenvalue weighted by Crippen LogP contribution is -2.42. The van der Waals surface area contributed by atoms with Gasteiger partial charge in [-0.25, -0.2) is 4.90 Å². The topological polar surface area (TPSA) is 90.6 Å². The van der Waals surface area contributed by atoms with Crippen molar-refractivity contribution < 1.29 is 32.6 Å². The largest absolute Gasteiger partial charge is 0.417 e. The Hall–Kier alpha value is -2.44. The van der Waals surface area contributed by atoms with Crippen LogP contribution in [0.3, 0.4) is 0 Å². The summed E-state index contributed by atoms with van der Waals surface area (Å²) in [5, 5.41) is 18.4. The molecule has 3 saturated heterocycles. The number of aliphatic hydroxyl groups excluding tert-OH is 1. The first-order valence-electron chi connectivity index (χ1n) is 8.88. The molecule has 3 fully saturated rings. The fourth-order valence-electron chi connectivity index (χ4n) is 5.06. The summed E-state index contributed by atoms with van der Waals surface area (Å²) in [4.78, 5) is 27.0. The second-order valence-electron chi connectivity index (χ2n) is 7.76. The van der Waals surface area contributed by atoms with Gasteiger partial charge in [-0.1, -0.05) is 0 Å². The average molecular weight is 394 g/mol. The van der Waals surface area contributed by atoms with Gasteiger partial charge >= 0.3 is 6.18 Å². The molecule has 0 spiro atoms. The fourth-order valence-corrected chi connectivity index (χ4v) is 5.06. The summed E-state index contributed by atoms with van der Waals surface area (Å²) in [5.74, 6) is -2.86. The first kappa shape index (κ1) is 18.9. The highest BCUT2D eigenvalue weighted by Crippen LogP contribution is 2.62. The Balaban J connectivity index is 1.79. The van der Waals surface area contributed by atoms with Crippen molar-refractivity contribution in [2.24, 2.45) is 11.8 Å². The maximum absolute atomic E-state index is 13.3. The van der Waals surface area contributed by atoms with Crippen LogP contribution in [0.5, 0.6) is 0 Å². The van der Waals surface area contributed by atoms with E-state index in [2.05, 4.69) is 0 Å². The van der Waals surface area contributed by atoms with Crippen LogP contribution in [0.2, 0.25) is 0 Å². The first-order chi connectivity index (χ1) is 13.1. The highest BCUT2D eigenvalue weighted by Gasteiger charge is 2.73. The van der Waals surface area contributed by atoms with Crippen molar-refractivity contribution in [2.45, 2.75) is 43.6 Å². The summed E-state index contributed by atoms with van der Waals surface area (Å²) in [7, 11) is 0. The van der Waals surface area contributed by atoms with Gasteiger partial charge in [0.1, 0.15) is 0 Å². The maximum atomic E-state index is 13.3. The number of alkyl halides is 3. The number of nitriles is 1. The lowest BCUT2D eigenvalue weighted by Gasteiger charge is -2.30. The molecule has 0 saturated carbocycles. The molecule has 1 N–H and O–H groups in total. The molecule has 0 radical (unpaired) electrons. The predicted molar refractivity (Wildman–Crippen MR) is 88.8 cm³/mol. The molecule has 0 aromatic heterocycles. The monoisotopic (exact) mass is 394 g/mol. The third-order valence-electron chi connectivity index (χ3n) is 6.23. The number of hydrogen-bond acceptors (Lipinski definition) is 5. The lowest BCUT2D eigenvalue weighted by atomic mass is 9.67. The van der Waals surface area contributed by atoms with E-state index in [1.165, 1.54) is 12.1 Å². The summed E-state index contributed by atoms with van der Waals surface area (Å²) < 4.78 is 45.9. The Morgan fingerprint density at radius 2 is 1.96 bits per heavy atom. The normalized spacial score (nSPS) is 34.1. The zero-order chi connectivity index (χ0) is 20.5. The highest BCUT2D eigenvalue weighted by molar-refractivity contribution is 6.23. The molecule has 2 unspecified atom stereocenters. The zero-order valence-corrected chi connectivity index (χ0v) is 14.9. The Labute approximate surface area is 158 Å². The molecule has 0 aliphatic carbocycles. The molecule has 4 rings (SSSR count). The van der Waals surface area contributed by atoms with E-state index in [1.807, 2.05) is 0 Å². The number of benzene rings is 1. The number of nitrogens with zero attached hydrogens (tertiary/aromatic N) is 2. The third kappa shape index (κ3) is 2.34. The van der Waals surface area contributed by atoms with Crippen molar-refractivity contribution in [3.63, 3.8) is 0 Å². The Bertz CT molecular complexity index is 921. The molecule has 1 aromatic carbocycles. The van der Waals surface area contributed by atoms with Crippen molar-refractivity contribution in [1.82, 2.24) is 0 Å².